The minimum absolute atomic E-state index is 0.214. The van der Waals surface area contributed by atoms with Gasteiger partial charge in [0.1, 0.15) is 12.0 Å². The van der Waals surface area contributed by atoms with Crippen LogP contribution < -0.4 is 10.1 Å². The van der Waals surface area contributed by atoms with Gasteiger partial charge in [-0.2, -0.15) is 4.98 Å². The second-order valence-electron chi connectivity index (χ2n) is 3.56. The minimum Gasteiger partial charge on any atom is -0.417 e. The number of rotatable bonds is 5. The molecule has 0 saturated carbocycles. The lowest BCUT2D eigenvalue weighted by atomic mass is 10.3. The molecular weight excluding hydrogens is 320 g/mol. The average molecular weight is 332 g/mol. The van der Waals surface area contributed by atoms with Gasteiger partial charge in [-0.1, -0.05) is 18.5 Å². The van der Waals surface area contributed by atoms with Gasteiger partial charge in [0.05, 0.1) is 10.2 Å². The quantitative estimate of drug-likeness (QED) is 0.900. The number of ether oxygens (including phenoxy) is 1. The van der Waals surface area contributed by atoms with E-state index in [0.717, 1.165) is 16.7 Å². The van der Waals surface area contributed by atoms with E-state index in [2.05, 4.69) is 26.2 Å². The van der Waals surface area contributed by atoms with Crippen LogP contribution in [-0.2, 0) is 6.54 Å². The van der Waals surface area contributed by atoms with E-state index in [0.29, 0.717) is 17.3 Å². The standard InChI is InChI=1S/C12H12BrClN2O2/c1-2-15-6-9-7-17-12(16-9)18-11-4-3-8(14)5-10(11)13/h3-5,7,15H,2,6H2,1H3. The number of hydrogen-bond donors (Lipinski definition) is 1. The predicted molar refractivity (Wildman–Crippen MR) is 73.1 cm³/mol. The van der Waals surface area contributed by atoms with Crippen molar-refractivity contribution in [2.75, 3.05) is 6.54 Å². The molecule has 0 aliphatic carbocycles. The third-order valence-electron chi connectivity index (χ3n) is 2.18. The van der Waals surface area contributed by atoms with E-state index >= 15 is 0 Å². The summed E-state index contributed by atoms with van der Waals surface area (Å²) in [6, 6.07) is 5.24. The first kappa shape index (κ1) is 13.4. The average Bonchev–Trinajstić information content (AvgIpc) is 2.78. The number of oxazole rings is 1. The summed E-state index contributed by atoms with van der Waals surface area (Å²) in [6.07, 6.45) is 1.79. The summed E-state index contributed by atoms with van der Waals surface area (Å²) < 4.78 is 11.5. The molecule has 1 N–H and O–H groups in total. The summed E-state index contributed by atoms with van der Waals surface area (Å²) in [6.45, 7) is 3.57. The molecule has 2 rings (SSSR count). The summed E-state index contributed by atoms with van der Waals surface area (Å²) >= 11 is 9.21. The summed E-state index contributed by atoms with van der Waals surface area (Å²) in [5, 5.41) is 3.79. The third kappa shape index (κ3) is 3.48. The van der Waals surface area contributed by atoms with Crippen LogP contribution in [0.2, 0.25) is 5.02 Å². The lowest BCUT2D eigenvalue weighted by Gasteiger charge is -2.03. The Labute approximate surface area is 118 Å². The molecule has 1 aromatic heterocycles. The predicted octanol–water partition coefficient (Wildman–Crippen LogP) is 3.99. The second kappa shape index (κ2) is 6.22. The third-order valence-corrected chi connectivity index (χ3v) is 3.03. The van der Waals surface area contributed by atoms with E-state index in [1.165, 1.54) is 0 Å². The molecular formula is C12H12BrClN2O2. The fourth-order valence-corrected chi connectivity index (χ4v) is 2.09. The molecule has 0 amide bonds. The van der Waals surface area contributed by atoms with E-state index in [-0.39, 0.29) is 6.08 Å². The zero-order valence-electron chi connectivity index (χ0n) is 9.74. The summed E-state index contributed by atoms with van der Waals surface area (Å²) in [4.78, 5) is 4.20. The molecule has 0 atom stereocenters. The van der Waals surface area contributed by atoms with Gasteiger partial charge in [-0.05, 0) is 40.7 Å². The van der Waals surface area contributed by atoms with Crippen LogP contribution in [0, 0.1) is 0 Å². The van der Waals surface area contributed by atoms with Crippen molar-refractivity contribution in [3.05, 3.63) is 39.7 Å². The number of nitrogens with zero attached hydrogens (tertiary/aromatic N) is 1. The summed E-state index contributed by atoms with van der Waals surface area (Å²) in [7, 11) is 0. The van der Waals surface area contributed by atoms with Gasteiger partial charge in [-0.3, -0.25) is 0 Å². The number of aromatic nitrogens is 1. The molecule has 0 radical (unpaired) electrons. The van der Waals surface area contributed by atoms with Gasteiger partial charge in [-0.25, -0.2) is 0 Å². The van der Waals surface area contributed by atoms with Crippen molar-refractivity contribution < 1.29 is 9.15 Å². The highest BCUT2D eigenvalue weighted by atomic mass is 79.9. The summed E-state index contributed by atoms with van der Waals surface area (Å²) in [5.74, 6) is 0.608. The minimum atomic E-state index is 0.214. The van der Waals surface area contributed by atoms with Gasteiger partial charge in [0, 0.05) is 11.6 Å². The topological polar surface area (TPSA) is 47.3 Å². The number of benzene rings is 1. The van der Waals surface area contributed by atoms with Crippen molar-refractivity contribution >= 4 is 27.5 Å². The molecule has 0 fully saturated rings. The van der Waals surface area contributed by atoms with Gasteiger partial charge in [0.25, 0.3) is 0 Å². The zero-order valence-corrected chi connectivity index (χ0v) is 12.1. The van der Waals surface area contributed by atoms with Crippen molar-refractivity contribution in [1.29, 1.82) is 0 Å². The van der Waals surface area contributed by atoms with Crippen molar-refractivity contribution in [2.45, 2.75) is 13.5 Å². The van der Waals surface area contributed by atoms with Crippen LogP contribution in [0.1, 0.15) is 12.6 Å². The maximum Gasteiger partial charge on any atom is 0.399 e. The molecule has 18 heavy (non-hydrogen) atoms. The van der Waals surface area contributed by atoms with Crippen molar-refractivity contribution in [2.24, 2.45) is 0 Å². The van der Waals surface area contributed by atoms with Crippen LogP contribution in [0.4, 0.5) is 0 Å². The Morgan fingerprint density at radius 1 is 1.50 bits per heavy atom. The number of hydrogen-bond acceptors (Lipinski definition) is 4. The molecule has 96 valence electrons. The molecule has 2 aromatic rings. The second-order valence-corrected chi connectivity index (χ2v) is 4.85. The van der Waals surface area contributed by atoms with Crippen LogP contribution in [0.5, 0.6) is 11.8 Å². The maximum atomic E-state index is 5.85. The van der Waals surface area contributed by atoms with E-state index in [1.54, 1.807) is 24.5 Å². The Hall–Kier alpha value is -1.04. The number of nitrogens with one attached hydrogen (secondary N) is 1. The van der Waals surface area contributed by atoms with Gasteiger partial charge >= 0.3 is 6.08 Å². The fraction of sp³-hybridized carbons (Fsp3) is 0.250. The van der Waals surface area contributed by atoms with E-state index < -0.39 is 0 Å². The normalized spacial score (nSPS) is 10.6. The Morgan fingerprint density at radius 3 is 3.06 bits per heavy atom. The molecule has 0 unspecified atom stereocenters. The van der Waals surface area contributed by atoms with Gasteiger partial charge in [0.2, 0.25) is 0 Å². The molecule has 6 heteroatoms. The first-order valence-corrected chi connectivity index (χ1v) is 6.64. The van der Waals surface area contributed by atoms with Crippen molar-refractivity contribution in [3.63, 3.8) is 0 Å². The highest BCUT2D eigenvalue weighted by molar-refractivity contribution is 9.10. The molecule has 0 aliphatic heterocycles. The molecule has 0 saturated heterocycles. The Bertz CT molecular complexity index is 531. The highest BCUT2D eigenvalue weighted by Crippen LogP contribution is 2.31. The molecule has 1 heterocycles. The monoisotopic (exact) mass is 330 g/mol. The van der Waals surface area contributed by atoms with Crippen molar-refractivity contribution in [3.8, 4) is 11.8 Å². The SMILES string of the molecule is CCNCc1coc(Oc2ccc(Cl)cc2Br)n1. The zero-order chi connectivity index (χ0) is 13.0. The Kier molecular flexibility index (Phi) is 4.63. The molecule has 0 aliphatic rings. The maximum absolute atomic E-state index is 5.85. The van der Waals surface area contributed by atoms with E-state index in [4.69, 9.17) is 20.8 Å². The number of halogens is 2. The lowest BCUT2D eigenvalue weighted by Crippen LogP contribution is -2.11. The van der Waals surface area contributed by atoms with Crippen molar-refractivity contribution in [1.82, 2.24) is 10.3 Å². The van der Waals surface area contributed by atoms with Gasteiger partial charge in [-0.15, -0.1) is 0 Å². The Balaban J connectivity index is 2.06. The van der Waals surface area contributed by atoms with Crippen LogP contribution in [0.15, 0.2) is 33.4 Å². The lowest BCUT2D eigenvalue weighted by molar-refractivity contribution is 0.329. The molecule has 4 nitrogen and oxygen atoms in total. The first-order valence-electron chi connectivity index (χ1n) is 5.47. The van der Waals surface area contributed by atoms with Crippen LogP contribution in [0.3, 0.4) is 0 Å². The first-order chi connectivity index (χ1) is 8.69. The van der Waals surface area contributed by atoms with E-state index in [1.807, 2.05) is 6.92 Å². The van der Waals surface area contributed by atoms with Crippen LogP contribution in [-0.4, -0.2) is 11.5 Å². The molecule has 0 bridgehead atoms. The van der Waals surface area contributed by atoms with Crippen LogP contribution >= 0.6 is 27.5 Å². The Morgan fingerprint density at radius 2 is 2.33 bits per heavy atom. The molecule has 1 aromatic carbocycles. The smallest absolute Gasteiger partial charge is 0.399 e. The van der Waals surface area contributed by atoms with E-state index in [9.17, 15) is 0 Å². The molecule has 0 spiro atoms. The highest BCUT2D eigenvalue weighted by Gasteiger charge is 2.08. The summed E-state index contributed by atoms with van der Waals surface area (Å²) in [5.41, 5.74) is 0.803. The van der Waals surface area contributed by atoms with Gasteiger partial charge < -0.3 is 14.5 Å². The van der Waals surface area contributed by atoms with Gasteiger partial charge in [0.15, 0.2) is 0 Å². The largest absolute Gasteiger partial charge is 0.417 e. The van der Waals surface area contributed by atoms with Crippen LogP contribution in [0.25, 0.3) is 0 Å². The fourth-order valence-electron chi connectivity index (χ4n) is 1.32.